The van der Waals surface area contributed by atoms with E-state index in [1.54, 1.807) is 13.8 Å². The van der Waals surface area contributed by atoms with E-state index in [-0.39, 0.29) is 24.8 Å². The van der Waals surface area contributed by atoms with Crippen LogP contribution in [-0.4, -0.2) is 41.0 Å². The first-order valence-corrected chi connectivity index (χ1v) is 8.33. The molecule has 2 atom stereocenters. The lowest BCUT2D eigenvalue weighted by molar-refractivity contribution is -0.130. The van der Waals surface area contributed by atoms with Crippen LogP contribution in [0.1, 0.15) is 51.1 Å². The van der Waals surface area contributed by atoms with E-state index >= 15 is 0 Å². The Morgan fingerprint density at radius 1 is 1.48 bits per heavy atom. The van der Waals surface area contributed by atoms with Gasteiger partial charge in [-0.25, -0.2) is 10.2 Å². The first-order valence-electron chi connectivity index (χ1n) is 8.33. The predicted octanol–water partition coefficient (Wildman–Crippen LogP) is 1.57. The number of imide groups is 1. The highest BCUT2D eigenvalue weighted by Crippen LogP contribution is 2.47. The molecule has 2 fully saturated rings. The number of rotatable bonds is 6. The zero-order valence-corrected chi connectivity index (χ0v) is 14.5. The molecule has 25 heavy (non-hydrogen) atoms. The molecular weight excluding hydrogens is 324 g/mol. The summed E-state index contributed by atoms with van der Waals surface area (Å²) in [6.45, 7) is 5.43. The monoisotopic (exact) mass is 346 g/mol. The average molecular weight is 346 g/mol. The van der Waals surface area contributed by atoms with Gasteiger partial charge in [-0.2, -0.15) is 5.10 Å². The molecule has 0 aromatic carbocycles. The van der Waals surface area contributed by atoms with Crippen molar-refractivity contribution in [1.82, 2.24) is 15.6 Å². The Hall–Kier alpha value is -2.64. The molecule has 2 N–H and O–H groups in total. The normalized spacial score (nSPS) is 24.7. The molecule has 1 aliphatic carbocycles. The Bertz CT molecular complexity index is 737. The van der Waals surface area contributed by atoms with Crippen molar-refractivity contribution < 1.29 is 18.8 Å². The van der Waals surface area contributed by atoms with E-state index in [0.717, 1.165) is 17.1 Å². The maximum Gasteiger partial charge on any atom is 0.325 e. The van der Waals surface area contributed by atoms with Crippen molar-refractivity contribution >= 4 is 24.1 Å². The van der Waals surface area contributed by atoms with Crippen LogP contribution < -0.4 is 10.7 Å². The van der Waals surface area contributed by atoms with Crippen LogP contribution in [0.4, 0.5) is 4.79 Å². The smallest absolute Gasteiger partial charge is 0.325 e. The van der Waals surface area contributed by atoms with E-state index in [9.17, 15) is 14.4 Å². The summed E-state index contributed by atoms with van der Waals surface area (Å²) in [7, 11) is 0. The minimum absolute atomic E-state index is 0.0138. The van der Waals surface area contributed by atoms with Crippen molar-refractivity contribution in [3.8, 4) is 0 Å². The average Bonchev–Trinajstić information content (AvgIpc) is 3.01. The maximum absolute atomic E-state index is 12.0. The van der Waals surface area contributed by atoms with Gasteiger partial charge in [0.1, 0.15) is 17.1 Å². The third kappa shape index (κ3) is 3.72. The van der Waals surface area contributed by atoms with E-state index < -0.39 is 11.6 Å². The third-order valence-corrected chi connectivity index (χ3v) is 4.51. The highest BCUT2D eigenvalue weighted by molar-refractivity contribution is 6.06. The highest BCUT2D eigenvalue weighted by atomic mass is 16.3. The number of amides is 4. The van der Waals surface area contributed by atoms with Crippen LogP contribution in [0.3, 0.4) is 0 Å². The Morgan fingerprint density at radius 2 is 2.20 bits per heavy atom. The van der Waals surface area contributed by atoms with Crippen LogP contribution in [0, 0.1) is 5.92 Å². The fourth-order valence-corrected chi connectivity index (χ4v) is 2.81. The van der Waals surface area contributed by atoms with Crippen LogP contribution in [0.15, 0.2) is 21.7 Å². The van der Waals surface area contributed by atoms with Gasteiger partial charge in [-0.15, -0.1) is 0 Å². The molecule has 1 aromatic rings. The fourth-order valence-electron chi connectivity index (χ4n) is 2.81. The Kier molecular flexibility index (Phi) is 4.36. The number of carbonyl (C=O) groups is 3. The first kappa shape index (κ1) is 17.2. The van der Waals surface area contributed by atoms with Crippen molar-refractivity contribution in [2.75, 3.05) is 6.54 Å². The molecule has 1 saturated carbocycles. The van der Waals surface area contributed by atoms with Crippen molar-refractivity contribution in [3.63, 3.8) is 0 Å². The van der Waals surface area contributed by atoms with Crippen LogP contribution in [0.5, 0.6) is 0 Å². The second-order valence-electron chi connectivity index (χ2n) is 7.11. The summed E-state index contributed by atoms with van der Waals surface area (Å²) in [5, 5.41) is 6.41. The van der Waals surface area contributed by atoms with E-state index in [1.807, 2.05) is 12.1 Å². The van der Waals surface area contributed by atoms with E-state index in [2.05, 4.69) is 22.8 Å². The van der Waals surface area contributed by atoms with Crippen molar-refractivity contribution in [2.24, 2.45) is 11.0 Å². The zero-order chi connectivity index (χ0) is 18.2. The van der Waals surface area contributed by atoms with E-state index in [4.69, 9.17) is 4.42 Å². The van der Waals surface area contributed by atoms with Gasteiger partial charge < -0.3 is 9.73 Å². The minimum atomic E-state index is -0.929. The van der Waals surface area contributed by atoms with Crippen LogP contribution in [-0.2, 0) is 9.59 Å². The number of carbonyl (C=O) groups excluding carboxylic acids is 3. The zero-order valence-electron chi connectivity index (χ0n) is 14.5. The molecule has 3 rings (SSSR count). The van der Waals surface area contributed by atoms with Gasteiger partial charge in [0.05, 0.1) is 6.21 Å². The van der Waals surface area contributed by atoms with Gasteiger partial charge in [0.2, 0.25) is 5.91 Å². The van der Waals surface area contributed by atoms with Crippen LogP contribution in [0.25, 0.3) is 0 Å². The highest BCUT2D eigenvalue weighted by Gasteiger charge is 2.44. The maximum atomic E-state index is 12.0. The molecule has 1 aromatic heterocycles. The Labute approximate surface area is 145 Å². The summed E-state index contributed by atoms with van der Waals surface area (Å²) in [6, 6.07) is 3.26. The molecule has 1 aliphatic heterocycles. The molecule has 8 heteroatoms. The summed E-state index contributed by atoms with van der Waals surface area (Å²) in [5.74, 6) is 1.94. The van der Waals surface area contributed by atoms with Gasteiger partial charge in [0.15, 0.2) is 0 Å². The number of hydrogen-bond donors (Lipinski definition) is 2. The van der Waals surface area contributed by atoms with Gasteiger partial charge in [0, 0.05) is 18.9 Å². The molecule has 4 amide bonds. The molecular formula is C17H22N4O4. The second-order valence-corrected chi connectivity index (χ2v) is 7.11. The topological polar surface area (TPSA) is 104 Å². The Balaban J connectivity index is 1.44. The Morgan fingerprint density at radius 3 is 2.80 bits per heavy atom. The van der Waals surface area contributed by atoms with Gasteiger partial charge in [-0.3, -0.25) is 14.5 Å². The lowest BCUT2D eigenvalue weighted by Crippen LogP contribution is -2.40. The number of nitrogens with zero attached hydrogens (tertiary/aromatic N) is 2. The number of furan rings is 1. The van der Waals surface area contributed by atoms with Crippen LogP contribution >= 0.6 is 0 Å². The standard InChI is InChI=1S/C17H22N4O4/c1-10-8-12(10)13-5-4-11(25-13)9-18-20-14(22)6-7-21-15(23)17(2,3)19-16(21)24/h4-5,9-10,12H,6-8H2,1-3H3,(H,19,24)(H,20,22)/b18-9-/t10-,12-/m1/s1. The van der Waals surface area contributed by atoms with E-state index in [1.165, 1.54) is 6.21 Å². The predicted molar refractivity (Wildman–Crippen MR) is 89.9 cm³/mol. The molecule has 0 spiro atoms. The summed E-state index contributed by atoms with van der Waals surface area (Å²) >= 11 is 0. The third-order valence-electron chi connectivity index (χ3n) is 4.51. The lowest BCUT2D eigenvalue weighted by Gasteiger charge is -2.15. The SMILES string of the molecule is C[C@@H]1C[C@H]1c1ccc(/C=N\NC(=O)CCN2C(=O)NC(C)(C)C2=O)o1. The van der Waals surface area contributed by atoms with Gasteiger partial charge >= 0.3 is 6.03 Å². The summed E-state index contributed by atoms with van der Waals surface area (Å²) < 4.78 is 5.65. The summed E-state index contributed by atoms with van der Waals surface area (Å²) in [4.78, 5) is 36.6. The number of hydrogen-bond acceptors (Lipinski definition) is 5. The number of urea groups is 1. The van der Waals surface area contributed by atoms with Crippen molar-refractivity contribution in [3.05, 3.63) is 23.7 Å². The van der Waals surface area contributed by atoms with Crippen molar-refractivity contribution in [2.45, 2.75) is 45.1 Å². The fraction of sp³-hybridized carbons (Fsp3) is 0.529. The molecule has 8 nitrogen and oxygen atoms in total. The van der Waals surface area contributed by atoms with Crippen molar-refractivity contribution in [1.29, 1.82) is 0 Å². The van der Waals surface area contributed by atoms with Crippen LogP contribution in [0.2, 0.25) is 0 Å². The molecule has 1 saturated heterocycles. The first-order chi connectivity index (χ1) is 11.8. The number of nitrogens with one attached hydrogen (secondary N) is 2. The van der Waals surface area contributed by atoms with Gasteiger partial charge in [-0.05, 0) is 38.3 Å². The summed E-state index contributed by atoms with van der Waals surface area (Å²) in [6.07, 6.45) is 2.56. The molecule has 2 heterocycles. The minimum Gasteiger partial charge on any atom is -0.460 e. The van der Waals surface area contributed by atoms with Gasteiger partial charge in [-0.1, -0.05) is 6.92 Å². The quantitative estimate of drug-likeness (QED) is 0.463. The lowest BCUT2D eigenvalue weighted by atomic mass is 10.1. The molecule has 134 valence electrons. The molecule has 0 unspecified atom stereocenters. The second kappa shape index (κ2) is 6.34. The van der Waals surface area contributed by atoms with E-state index in [0.29, 0.717) is 17.6 Å². The molecule has 0 bridgehead atoms. The summed E-state index contributed by atoms with van der Waals surface area (Å²) in [5.41, 5.74) is 1.44. The van der Waals surface area contributed by atoms with Gasteiger partial charge in [0.25, 0.3) is 5.91 Å². The number of hydrazone groups is 1. The molecule has 0 radical (unpaired) electrons. The largest absolute Gasteiger partial charge is 0.460 e. The molecule has 2 aliphatic rings.